The molecule has 4 amide bonds. The number of hydrogen-bond acceptors (Lipinski definition) is 5. The molecule has 7 heteroatoms. The number of hydrogen-bond donors (Lipinski definition) is 0. The summed E-state index contributed by atoms with van der Waals surface area (Å²) in [5, 5.41) is 0. The molecule has 1 heterocycles. The van der Waals surface area contributed by atoms with E-state index in [-0.39, 0.29) is 0 Å². The van der Waals surface area contributed by atoms with E-state index in [0.29, 0.717) is 0 Å². The molecule has 18 heavy (non-hydrogen) atoms. The van der Waals surface area contributed by atoms with Crippen LogP contribution in [0.15, 0.2) is 12.3 Å². The van der Waals surface area contributed by atoms with Gasteiger partial charge in [-0.25, -0.2) is 4.79 Å². The van der Waals surface area contributed by atoms with E-state index in [9.17, 15) is 19.2 Å². The maximum Gasteiger partial charge on any atom is 0.332 e. The van der Waals surface area contributed by atoms with Crippen LogP contribution in [0.5, 0.6) is 0 Å². The molecule has 7 nitrogen and oxygen atoms in total. The van der Waals surface area contributed by atoms with Gasteiger partial charge in [0.15, 0.2) is 11.7 Å². The minimum atomic E-state index is -1.46. The molecule has 0 unspecified atom stereocenters. The molecular weight excluding hydrogens is 238 g/mol. The van der Waals surface area contributed by atoms with Crippen LogP contribution in [-0.4, -0.2) is 66.5 Å². The lowest BCUT2D eigenvalue weighted by Gasteiger charge is -2.31. The largest absolute Gasteiger partial charge is 0.383 e. The van der Waals surface area contributed by atoms with Gasteiger partial charge >= 0.3 is 6.03 Å². The zero-order valence-corrected chi connectivity index (χ0v) is 10.7. The van der Waals surface area contributed by atoms with Crippen molar-refractivity contribution in [2.45, 2.75) is 0 Å². The number of amides is 4. The molecule has 0 atom stereocenters. The molecule has 1 fully saturated rings. The van der Waals surface area contributed by atoms with Crippen LogP contribution >= 0.6 is 0 Å². The van der Waals surface area contributed by atoms with Gasteiger partial charge in [0.2, 0.25) is 0 Å². The molecule has 0 radical (unpaired) electrons. The van der Waals surface area contributed by atoms with Crippen LogP contribution in [-0.2, 0) is 14.4 Å². The number of urea groups is 1. The number of imide groups is 2. The summed E-state index contributed by atoms with van der Waals surface area (Å²) in [6, 6.07) is -0.731. The Morgan fingerprint density at radius 1 is 1.11 bits per heavy atom. The first-order valence-corrected chi connectivity index (χ1v) is 5.25. The van der Waals surface area contributed by atoms with E-state index >= 15 is 0 Å². The van der Waals surface area contributed by atoms with Crippen molar-refractivity contribution in [2.75, 3.05) is 28.2 Å². The first kappa shape index (κ1) is 13.9. The zero-order valence-electron chi connectivity index (χ0n) is 10.7. The van der Waals surface area contributed by atoms with E-state index in [1.165, 1.54) is 20.3 Å². The van der Waals surface area contributed by atoms with Crippen molar-refractivity contribution in [2.24, 2.45) is 5.92 Å². The van der Waals surface area contributed by atoms with Gasteiger partial charge in [0.25, 0.3) is 11.8 Å². The highest BCUT2D eigenvalue weighted by atomic mass is 16.2. The highest BCUT2D eigenvalue weighted by molar-refractivity contribution is 6.28. The van der Waals surface area contributed by atoms with Gasteiger partial charge in [0.1, 0.15) is 0 Å². The lowest BCUT2D eigenvalue weighted by atomic mass is 9.99. The van der Waals surface area contributed by atoms with Crippen LogP contribution in [0.2, 0.25) is 0 Å². The number of nitrogens with zero attached hydrogens (tertiary/aromatic N) is 3. The van der Waals surface area contributed by atoms with E-state index in [1.54, 1.807) is 19.0 Å². The third-order valence-electron chi connectivity index (χ3n) is 2.55. The van der Waals surface area contributed by atoms with Crippen LogP contribution in [0.1, 0.15) is 0 Å². The second kappa shape index (κ2) is 4.99. The lowest BCUT2D eigenvalue weighted by Crippen LogP contribution is -2.58. The average molecular weight is 253 g/mol. The number of barbiturate groups is 1. The molecule has 0 aromatic carbocycles. The lowest BCUT2D eigenvalue weighted by molar-refractivity contribution is -0.150. The Kier molecular flexibility index (Phi) is 3.85. The molecule has 0 saturated carbocycles. The van der Waals surface area contributed by atoms with E-state index in [2.05, 4.69) is 0 Å². The maximum absolute atomic E-state index is 11.8. The Morgan fingerprint density at radius 3 is 1.94 bits per heavy atom. The molecule has 1 saturated heterocycles. The molecule has 1 aliphatic heterocycles. The van der Waals surface area contributed by atoms with Gasteiger partial charge in [-0.2, -0.15) is 0 Å². The van der Waals surface area contributed by atoms with E-state index in [1.807, 2.05) is 0 Å². The van der Waals surface area contributed by atoms with Crippen molar-refractivity contribution in [1.82, 2.24) is 14.7 Å². The molecule has 0 aromatic rings. The fourth-order valence-corrected chi connectivity index (χ4v) is 1.47. The molecule has 98 valence electrons. The summed E-state index contributed by atoms with van der Waals surface area (Å²) >= 11 is 0. The zero-order chi connectivity index (χ0) is 14.0. The van der Waals surface area contributed by atoms with Gasteiger partial charge in [0.05, 0.1) is 0 Å². The standard InChI is InChI=1S/C11H15N3O4/c1-12(2)6-5-7(15)8-9(16)13(3)11(18)14(4)10(8)17/h5-6,8H,1-4H3/b6-5+. The Hall–Kier alpha value is -2.18. The van der Waals surface area contributed by atoms with Crippen molar-refractivity contribution < 1.29 is 19.2 Å². The Bertz CT molecular complexity index is 418. The van der Waals surface area contributed by atoms with Gasteiger partial charge in [-0.15, -0.1) is 0 Å². The second-order valence-electron chi connectivity index (χ2n) is 4.19. The predicted octanol–water partition coefficient (Wildman–Crippen LogP) is -0.703. The van der Waals surface area contributed by atoms with Crippen LogP contribution in [0.4, 0.5) is 4.79 Å². The van der Waals surface area contributed by atoms with Gasteiger partial charge in [-0.3, -0.25) is 24.2 Å². The van der Waals surface area contributed by atoms with Crippen molar-refractivity contribution in [3.63, 3.8) is 0 Å². The molecule has 0 aromatic heterocycles. The number of carbonyl (C=O) groups is 4. The fraction of sp³-hybridized carbons (Fsp3) is 0.455. The minimum Gasteiger partial charge on any atom is -0.383 e. The first-order valence-electron chi connectivity index (χ1n) is 5.25. The third kappa shape index (κ3) is 2.39. The minimum absolute atomic E-state index is 0.634. The van der Waals surface area contributed by atoms with Crippen molar-refractivity contribution in [3.8, 4) is 0 Å². The van der Waals surface area contributed by atoms with Gasteiger partial charge < -0.3 is 4.90 Å². The monoisotopic (exact) mass is 253 g/mol. The highest BCUT2D eigenvalue weighted by Crippen LogP contribution is 2.16. The summed E-state index contributed by atoms with van der Waals surface area (Å²) in [6.07, 6.45) is 2.59. The maximum atomic E-state index is 11.8. The van der Waals surface area contributed by atoms with Crippen molar-refractivity contribution in [3.05, 3.63) is 12.3 Å². The molecular formula is C11H15N3O4. The van der Waals surface area contributed by atoms with Crippen LogP contribution in [0.25, 0.3) is 0 Å². The molecule has 0 aliphatic carbocycles. The van der Waals surface area contributed by atoms with Crippen molar-refractivity contribution >= 4 is 23.6 Å². The summed E-state index contributed by atoms with van der Waals surface area (Å²) in [5.74, 6) is -3.69. The van der Waals surface area contributed by atoms with Gasteiger partial charge in [0, 0.05) is 34.4 Å². The van der Waals surface area contributed by atoms with E-state index < -0.39 is 29.5 Å². The molecule has 0 N–H and O–H groups in total. The van der Waals surface area contributed by atoms with Gasteiger partial charge in [-0.1, -0.05) is 0 Å². The summed E-state index contributed by atoms with van der Waals surface area (Å²) in [6.45, 7) is 0. The molecule has 0 spiro atoms. The number of carbonyl (C=O) groups excluding carboxylic acids is 4. The third-order valence-corrected chi connectivity index (χ3v) is 2.55. The topological polar surface area (TPSA) is 78.0 Å². The van der Waals surface area contributed by atoms with Crippen LogP contribution < -0.4 is 0 Å². The number of ketones is 1. The smallest absolute Gasteiger partial charge is 0.332 e. The molecule has 1 aliphatic rings. The number of rotatable bonds is 3. The fourth-order valence-electron chi connectivity index (χ4n) is 1.47. The normalized spacial score (nSPS) is 17.9. The summed E-state index contributed by atoms with van der Waals surface area (Å²) in [7, 11) is 5.89. The SMILES string of the molecule is CN(C)/C=C/C(=O)C1C(=O)N(C)C(=O)N(C)C1=O. The van der Waals surface area contributed by atoms with Crippen LogP contribution in [0.3, 0.4) is 0 Å². The average Bonchev–Trinajstić information content (AvgIpc) is 2.31. The first-order chi connectivity index (χ1) is 8.27. The highest BCUT2D eigenvalue weighted by Gasteiger charge is 2.45. The Labute approximate surface area is 105 Å². The number of allylic oxidation sites excluding steroid dienone is 1. The summed E-state index contributed by atoms with van der Waals surface area (Å²) in [4.78, 5) is 49.9. The Balaban J connectivity index is 3.00. The van der Waals surface area contributed by atoms with Gasteiger partial charge in [-0.05, 0) is 6.08 Å². The molecule has 0 bridgehead atoms. The predicted molar refractivity (Wildman–Crippen MR) is 62.3 cm³/mol. The van der Waals surface area contributed by atoms with Crippen LogP contribution in [0, 0.1) is 5.92 Å². The van der Waals surface area contributed by atoms with Crippen molar-refractivity contribution in [1.29, 1.82) is 0 Å². The summed E-state index contributed by atoms with van der Waals surface area (Å²) < 4.78 is 0. The van der Waals surface area contributed by atoms with E-state index in [0.717, 1.165) is 15.9 Å². The summed E-state index contributed by atoms with van der Waals surface area (Å²) in [5.41, 5.74) is 0. The quantitative estimate of drug-likeness (QED) is 0.491. The Morgan fingerprint density at radius 2 is 1.56 bits per heavy atom. The second-order valence-corrected chi connectivity index (χ2v) is 4.19. The van der Waals surface area contributed by atoms with E-state index in [4.69, 9.17) is 0 Å². The molecule has 1 rings (SSSR count).